The van der Waals surface area contributed by atoms with E-state index < -0.39 is 0 Å². The number of halogens is 1. The Hall–Kier alpha value is -2.24. The molecule has 1 fully saturated rings. The maximum Gasteiger partial charge on any atom is 0.317 e. The van der Waals surface area contributed by atoms with Crippen molar-refractivity contribution in [2.24, 2.45) is 0 Å². The molecule has 2 aromatic carbocycles. The zero-order chi connectivity index (χ0) is 18.5. The van der Waals surface area contributed by atoms with E-state index in [4.69, 9.17) is 16.3 Å². The first kappa shape index (κ1) is 18.5. The molecule has 0 aliphatic carbocycles. The standard InChI is InChI=1S/C20H24ClN3O2/c1-23-9-10-24(14-19(23)16-6-4-8-18(12-16)26-2)20(25)22-13-15-5-3-7-17(21)11-15/h3-8,11-12,19H,9-10,13-14H2,1-2H3,(H,22,25). The maximum absolute atomic E-state index is 12.6. The summed E-state index contributed by atoms with van der Waals surface area (Å²) in [4.78, 5) is 16.7. The molecule has 2 amide bonds. The van der Waals surface area contributed by atoms with Crippen LogP contribution in [0.2, 0.25) is 5.02 Å². The third kappa shape index (κ3) is 4.48. The van der Waals surface area contributed by atoms with Gasteiger partial charge < -0.3 is 15.0 Å². The summed E-state index contributed by atoms with van der Waals surface area (Å²) in [6.07, 6.45) is 0. The van der Waals surface area contributed by atoms with Gasteiger partial charge in [0.15, 0.2) is 0 Å². The molecule has 6 heteroatoms. The number of amides is 2. The predicted octanol–water partition coefficient (Wildman–Crippen LogP) is 3.55. The van der Waals surface area contributed by atoms with E-state index in [0.29, 0.717) is 24.7 Å². The molecule has 0 bridgehead atoms. The van der Waals surface area contributed by atoms with E-state index >= 15 is 0 Å². The summed E-state index contributed by atoms with van der Waals surface area (Å²) >= 11 is 6.00. The topological polar surface area (TPSA) is 44.8 Å². The summed E-state index contributed by atoms with van der Waals surface area (Å²) in [6.45, 7) is 2.64. The number of carbonyl (C=O) groups excluding carboxylic acids is 1. The molecule has 26 heavy (non-hydrogen) atoms. The van der Waals surface area contributed by atoms with Crippen molar-refractivity contribution in [1.29, 1.82) is 0 Å². The smallest absolute Gasteiger partial charge is 0.317 e. The molecule has 138 valence electrons. The molecule has 3 rings (SSSR count). The second-order valence-corrected chi connectivity index (χ2v) is 6.94. The van der Waals surface area contributed by atoms with Crippen LogP contribution in [0, 0.1) is 0 Å². The highest BCUT2D eigenvalue weighted by molar-refractivity contribution is 6.30. The van der Waals surface area contributed by atoms with Crippen LogP contribution in [0.5, 0.6) is 5.75 Å². The highest BCUT2D eigenvalue weighted by Gasteiger charge is 2.28. The number of nitrogens with one attached hydrogen (secondary N) is 1. The Morgan fingerprint density at radius 1 is 1.23 bits per heavy atom. The molecule has 1 atom stereocenters. The van der Waals surface area contributed by atoms with Gasteiger partial charge in [-0.2, -0.15) is 0 Å². The molecule has 1 heterocycles. The molecule has 0 aromatic heterocycles. The number of hydrogen-bond donors (Lipinski definition) is 1. The molecular weight excluding hydrogens is 350 g/mol. The van der Waals surface area contributed by atoms with Crippen molar-refractivity contribution in [3.63, 3.8) is 0 Å². The maximum atomic E-state index is 12.6. The second kappa shape index (κ2) is 8.43. The molecule has 0 spiro atoms. The minimum Gasteiger partial charge on any atom is -0.497 e. The van der Waals surface area contributed by atoms with Crippen molar-refractivity contribution in [3.8, 4) is 5.75 Å². The van der Waals surface area contributed by atoms with E-state index in [-0.39, 0.29) is 12.1 Å². The van der Waals surface area contributed by atoms with Crippen LogP contribution < -0.4 is 10.1 Å². The monoisotopic (exact) mass is 373 g/mol. The minimum absolute atomic E-state index is 0.0500. The number of ether oxygens (including phenoxy) is 1. The average molecular weight is 374 g/mol. The Balaban J connectivity index is 1.64. The predicted molar refractivity (Wildman–Crippen MR) is 104 cm³/mol. The Labute approximate surface area is 159 Å². The molecule has 1 N–H and O–H groups in total. The first-order valence-corrected chi connectivity index (χ1v) is 9.06. The van der Waals surface area contributed by atoms with Gasteiger partial charge in [-0.25, -0.2) is 4.79 Å². The third-order valence-electron chi connectivity index (χ3n) is 4.75. The Morgan fingerprint density at radius 2 is 2.04 bits per heavy atom. The van der Waals surface area contributed by atoms with E-state index in [9.17, 15) is 4.79 Å². The fraction of sp³-hybridized carbons (Fsp3) is 0.350. The number of nitrogens with zero attached hydrogens (tertiary/aromatic N) is 2. The van der Waals surface area contributed by atoms with Crippen molar-refractivity contribution in [3.05, 3.63) is 64.7 Å². The molecule has 1 saturated heterocycles. The Morgan fingerprint density at radius 3 is 2.81 bits per heavy atom. The van der Waals surface area contributed by atoms with E-state index in [0.717, 1.165) is 23.4 Å². The molecule has 0 radical (unpaired) electrons. The van der Waals surface area contributed by atoms with Crippen LogP contribution in [0.1, 0.15) is 17.2 Å². The van der Waals surface area contributed by atoms with Gasteiger partial charge in [-0.1, -0.05) is 35.9 Å². The Kier molecular flexibility index (Phi) is 6.01. The molecule has 1 aliphatic rings. The number of likely N-dealkylation sites (N-methyl/N-ethyl adjacent to an activating group) is 1. The molecule has 2 aromatic rings. The Bertz CT molecular complexity index is 768. The van der Waals surface area contributed by atoms with Crippen molar-refractivity contribution < 1.29 is 9.53 Å². The summed E-state index contributed by atoms with van der Waals surface area (Å²) in [5, 5.41) is 3.67. The second-order valence-electron chi connectivity index (χ2n) is 6.51. The van der Waals surface area contributed by atoms with E-state index in [1.807, 2.05) is 47.4 Å². The number of methoxy groups -OCH3 is 1. The molecule has 0 saturated carbocycles. The lowest BCUT2D eigenvalue weighted by Gasteiger charge is -2.39. The van der Waals surface area contributed by atoms with E-state index in [2.05, 4.69) is 23.3 Å². The lowest BCUT2D eigenvalue weighted by atomic mass is 10.0. The SMILES string of the molecule is COc1cccc(C2CN(C(=O)NCc3cccc(Cl)c3)CCN2C)c1. The van der Waals surface area contributed by atoms with Gasteiger partial charge in [-0.15, -0.1) is 0 Å². The summed E-state index contributed by atoms with van der Waals surface area (Å²) in [6, 6.07) is 15.7. The number of hydrogen-bond acceptors (Lipinski definition) is 3. The fourth-order valence-corrected chi connectivity index (χ4v) is 3.42. The summed E-state index contributed by atoms with van der Waals surface area (Å²) in [7, 11) is 3.75. The van der Waals surface area contributed by atoms with Crippen molar-refractivity contribution in [1.82, 2.24) is 15.1 Å². The fourth-order valence-electron chi connectivity index (χ4n) is 3.20. The highest BCUT2D eigenvalue weighted by atomic mass is 35.5. The van der Waals surface area contributed by atoms with Crippen LogP contribution in [0.3, 0.4) is 0 Å². The number of carbonyl (C=O) groups is 1. The molecular formula is C20H24ClN3O2. The van der Waals surface area contributed by atoms with Crippen molar-refractivity contribution in [2.45, 2.75) is 12.6 Å². The molecule has 5 nitrogen and oxygen atoms in total. The van der Waals surface area contributed by atoms with Gasteiger partial charge in [-0.05, 0) is 42.4 Å². The van der Waals surface area contributed by atoms with Gasteiger partial charge >= 0.3 is 6.03 Å². The van der Waals surface area contributed by atoms with Gasteiger partial charge in [0.1, 0.15) is 5.75 Å². The quantitative estimate of drug-likeness (QED) is 0.891. The van der Waals surface area contributed by atoms with Gasteiger partial charge in [0.2, 0.25) is 0 Å². The zero-order valence-electron chi connectivity index (χ0n) is 15.1. The van der Waals surface area contributed by atoms with Gasteiger partial charge in [0.25, 0.3) is 0 Å². The van der Waals surface area contributed by atoms with Crippen LogP contribution in [0.25, 0.3) is 0 Å². The van der Waals surface area contributed by atoms with Crippen molar-refractivity contribution >= 4 is 17.6 Å². The number of urea groups is 1. The minimum atomic E-state index is -0.0500. The summed E-state index contributed by atoms with van der Waals surface area (Å²) in [5.74, 6) is 0.832. The first-order valence-electron chi connectivity index (χ1n) is 8.68. The summed E-state index contributed by atoms with van der Waals surface area (Å²) < 4.78 is 5.33. The first-order chi connectivity index (χ1) is 12.6. The molecule has 1 aliphatic heterocycles. The largest absolute Gasteiger partial charge is 0.497 e. The highest BCUT2D eigenvalue weighted by Crippen LogP contribution is 2.26. The lowest BCUT2D eigenvalue weighted by Crippen LogP contribution is -2.51. The van der Waals surface area contributed by atoms with Gasteiger partial charge in [-0.3, -0.25) is 4.90 Å². The van der Waals surface area contributed by atoms with E-state index in [1.54, 1.807) is 7.11 Å². The summed E-state index contributed by atoms with van der Waals surface area (Å²) in [5.41, 5.74) is 2.14. The van der Waals surface area contributed by atoms with Gasteiger partial charge in [0, 0.05) is 31.2 Å². The van der Waals surface area contributed by atoms with Crippen LogP contribution in [-0.4, -0.2) is 49.6 Å². The van der Waals surface area contributed by atoms with Gasteiger partial charge in [0.05, 0.1) is 13.2 Å². The van der Waals surface area contributed by atoms with Crippen LogP contribution in [-0.2, 0) is 6.54 Å². The van der Waals surface area contributed by atoms with Crippen LogP contribution in [0.15, 0.2) is 48.5 Å². The molecule has 1 unspecified atom stereocenters. The van der Waals surface area contributed by atoms with Crippen molar-refractivity contribution in [2.75, 3.05) is 33.8 Å². The lowest BCUT2D eigenvalue weighted by molar-refractivity contribution is 0.110. The van der Waals surface area contributed by atoms with Crippen LogP contribution >= 0.6 is 11.6 Å². The van der Waals surface area contributed by atoms with E-state index in [1.165, 1.54) is 0 Å². The van der Waals surface area contributed by atoms with Crippen LogP contribution in [0.4, 0.5) is 4.79 Å². The zero-order valence-corrected chi connectivity index (χ0v) is 15.9. The number of piperazine rings is 1. The third-order valence-corrected chi connectivity index (χ3v) is 4.98. The average Bonchev–Trinajstić information content (AvgIpc) is 2.66. The normalized spacial score (nSPS) is 17.8. The number of rotatable bonds is 4. The number of benzene rings is 2.